The number of hydrogen-bond donors (Lipinski definition) is 1. The number of rotatable bonds is 5. The Bertz CT molecular complexity index is 672. The van der Waals surface area contributed by atoms with Gasteiger partial charge in [-0.2, -0.15) is 0 Å². The minimum atomic E-state index is 0. The Hall–Kier alpha value is -2.04. The lowest BCUT2D eigenvalue weighted by atomic mass is 10.1. The number of amides is 1. The SMILES string of the molecule is CN(C(=O)c1cccc(OCc2ccccc2)c1)[C@H]1CCCNC1.Cl. The van der Waals surface area contributed by atoms with Gasteiger partial charge in [-0.3, -0.25) is 4.79 Å². The van der Waals surface area contributed by atoms with Crippen LogP contribution in [0.15, 0.2) is 54.6 Å². The average molecular weight is 361 g/mol. The summed E-state index contributed by atoms with van der Waals surface area (Å²) in [7, 11) is 1.89. The lowest BCUT2D eigenvalue weighted by Gasteiger charge is -2.31. The molecule has 4 nitrogen and oxygen atoms in total. The molecule has 1 N–H and O–H groups in total. The average Bonchev–Trinajstić information content (AvgIpc) is 2.67. The lowest BCUT2D eigenvalue weighted by Crippen LogP contribution is -2.46. The molecule has 1 amide bonds. The number of carbonyl (C=O) groups is 1. The maximum atomic E-state index is 12.7. The van der Waals surface area contributed by atoms with Gasteiger partial charge in [-0.05, 0) is 43.1 Å². The predicted molar refractivity (Wildman–Crippen MR) is 102 cm³/mol. The Labute approximate surface area is 155 Å². The quantitative estimate of drug-likeness (QED) is 0.887. The largest absolute Gasteiger partial charge is 0.489 e. The van der Waals surface area contributed by atoms with Crippen molar-refractivity contribution in [2.75, 3.05) is 20.1 Å². The summed E-state index contributed by atoms with van der Waals surface area (Å²) in [5.41, 5.74) is 1.79. The molecule has 0 bridgehead atoms. The van der Waals surface area contributed by atoms with Crippen molar-refractivity contribution in [2.24, 2.45) is 0 Å². The monoisotopic (exact) mass is 360 g/mol. The maximum absolute atomic E-state index is 12.7. The van der Waals surface area contributed by atoms with Gasteiger partial charge in [0, 0.05) is 25.2 Å². The van der Waals surface area contributed by atoms with Crippen LogP contribution >= 0.6 is 12.4 Å². The van der Waals surface area contributed by atoms with Crippen LogP contribution in [0.1, 0.15) is 28.8 Å². The molecule has 0 radical (unpaired) electrons. The number of ether oxygens (including phenoxy) is 1. The van der Waals surface area contributed by atoms with Crippen LogP contribution in [-0.4, -0.2) is 37.0 Å². The summed E-state index contributed by atoms with van der Waals surface area (Å²) < 4.78 is 5.83. The van der Waals surface area contributed by atoms with Crippen molar-refractivity contribution in [3.63, 3.8) is 0 Å². The molecule has 134 valence electrons. The van der Waals surface area contributed by atoms with Gasteiger partial charge in [0.1, 0.15) is 12.4 Å². The van der Waals surface area contributed by atoms with E-state index in [1.165, 1.54) is 0 Å². The molecular formula is C20H25ClN2O2. The van der Waals surface area contributed by atoms with E-state index in [4.69, 9.17) is 4.74 Å². The van der Waals surface area contributed by atoms with E-state index >= 15 is 0 Å². The van der Waals surface area contributed by atoms with E-state index in [-0.39, 0.29) is 24.4 Å². The van der Waals surface area contributed by atoms with Crippen LogP contribution in [0.4, 0.5) is 0 Å². The first-order valence-electron chi connectivity index (χ1n) is 8.49. The van der Waals surface area contributed by atoms with E-state index in [0.29, 0.717) is 12.2 Å². The summed E-state index contributed by atoms with van der Waals surface area (Å²) >= 11 is 0. The first-order valence-corrected chi connectivity index (χ1v) is 8.49. The molecule has 2 aromatic rings. The second kappa shape index (κ2) is 9.44. The van der Waals surface area contributed by atoms with Crippen molar-refractivity contribution >= 4 is 18.3 Å². The fraction of sp³-hybridized carbons (Fsp3) is 0.350. The molecule has 25 heavy (non-hydrogen) atoms. The number of hydrogen-bond acceptors (Lipinski definition) is 3. The summed E-state index contributed by atoms with van der Waals surface area (Å²) in [6.45, 7) is 2.41. The van der Waals surface area contributed by atoms with Gasteiger partial charge in [-0.1, -0.05) is 36.4 Å². The molecule has 0 aromatic heterocycles. The molecule has 1 saturated heterocycles. The van der Waals surface area contributed by atoms with Crippen molar-refractivity contribution in [1.82, 2.24) is 10.2 Å². The highest BCUT2D eigenvalue weighted by atomic mass is 35.5. The smallest absolute Gasteiger partial charge is 0.254 e. The van der Waals surface area contributed by atoms with Crippen LogP contribution in [0, 0.1) is 0 Å². The van der Waals surface area contributed by atoms with Crippen molar-refractivity contribution in [3.8, 4) is 5.75 Å². The number of nitrogens with zero attached hydrogens (tertiary/aromatic N) is 1. The van der Waals surface area contributed by atoms with Gasteiger partial charge in [-0.15, -0.1) is 12.4 Å². The molecular weight excluding hydrogens is 336 g/mol. The topological polar surface area (TPSA) is 41.6 Å². The van der Waals surface area contributed by atoms with Crippen molar-refractivity contribution in [2.45, 2.75) is 25.5 Å². The molecule has 1 heterocycles. The molecule has 0 spiro atoms. The van der Waals surface area contributed by atoms with E-state index in [1.807, 2.05) is 66.5 Å². The number of likely N-dealkylation sites (N-methyl/N-ethyl adjacent to an activating group) is 1. The number of carbonyl (C=O) groups excluding carboxylic acids is 1. The van der Waals surface area contributed by atoms with Crippen LogP contribution in [0.25, 0.3) is 0 Å². The number of benzene rings is 2. The van der Waals surface area contributed by atoms with Gasteiger partial charge in [0.15, 0.2) is 0 Å². The molecule has 3 rings (SSSR count). The zero-order valence-corrected chi connectivity index (χ0v) is 15.3. The third-order valence-corrected chi connectivity index (χ3v) is 4.47. The summed E-state index contributed by atoms with van der Waals surface area (Å²) in [6.07, 6.45) is 2.17. The summed E-state index contributed by atoms with van der Waals surface area (Å²) in [5.74, 6) is 0.772. The molecule has 0 aliphatic carbocycles. The molecule has 2 aromatic carbocycles. The zero-order valence-electron chi connectivity index (χ0n) is 14.5. The Kier molecular flexibility index (Phi) is 7.29. The Morgan fingerprint density at radius 1 is 1.20 bits per heavy atom. The molecule has 0 saturated carbocycles. The second-order valence-electron chi connectivity index (χ2n) is 6.22. The Morgan fingerprint density at radius 2 is 2.00 bits per heavy atom. The van der Waals surface area contributed by atoms with Crippen LogP contribution in [-0.2, 0) is 6.61 Å². The van der Waals surface area contributed by atoms with Crippen LogP contribution in [0.2, 0.25) is 0 Å². The fourth-order valence-corrected chi connectivity index (χ4v) is 2.99. The summed E-state index contributed by atoms with van der Waals surface area (Å²) in [5, 5.41) is 3.35. The van der Waals surface area contributed by atoms with E-state index < -0.39 is 0 Å². The molecule has 1 atom stereocenters. The van der Waals surface area contributed by atoms with Crippen LogP contribution in [0.5, 0.6) is 5.75 Å². The minimum Gasteiger partial charge on any atom is -0.489 e. The maximum Gasteiger partial charge on any atom is 0.254 e. The normalized spacial score (nSPS) is 16.6. The fourth-order valence-electron chi connectivity index (χ4n) is 2.99. The van der Waals surface area contributed by atoms with Crippen molar-refractivity contribution < 1.29 is 9.53 Å². The highest BCUT2D eigenvalue weighted by Gasteiger charge is 2.23. The molecule has 1 aliphatic heterocycles. The minimum absolute atomic E-state index is 0. The highest BCUT2D eigenvalue weighted by molar-refractivity contribution is 5.94. The number of halogens is 1. The Balaban J connectivity index is 0.00000225. The number of piperidine rings is 1. The van der Waals surface area contributed by atoms with Gasteiger partial charge >= 0.3 is 0 Å². The first kappa shape index (κ1) is 19.3. The van der Waals surface area contributed by atoms with Crippen molar-refractivity contribution in [3.05, 3.63) is 65.7 Å². The van der Waals surface area contributed by atoms with Gasteiger partial charge in [0.2, 0.25) is 0 Å². The van der Waals surface area contributed by atoms with E-state index in [0.717, 1.165) is 37.2 Å². The van der Waals surface area contributed by atoms with E-state index in [1.54, 1.807) is 0 Å². The molecule has 1 aliphatic rings. The first-order chi connectivity index (χ1) is 11.7. The van der Waals surface area contributed by atoms with Gasteiger partial charge < -0.3 is 15.0 Å². The van der Waals surface area contributed by atoms with Gasteiger partial charge in [0.05, 0.1) is 0 Å². The van der Waals surface area contributed by atoms with E-state index in [9.17, 15) is 4.79 Å². The summed E-state index contributed by atoms with van der Waals surface area (Å²) in [4.78, 5) is 14.6. The predicted octanol–water partition coefficient (Wildman–Crippen LogP) is 3.51. The van der Waals surface area contributed by atoms with E-state index in [2.05, 4.69) is 5.32 Å². The standard InChI is InChI=1S/C20H24N2O2.ClH/c1-22(18-10-6-12-21-14-18)20(23)17-9-5-11-19(13-17)24-15-16-7-3-2-4-8-16;/h2-5,7-9,11,13,18,21H,6,10,12,14-15H2,1H3;1H/t18-;/m0./s1. The second-order valence-corrected chi connectivity index (χ2v) is 6.22. The molecule has 5 heteroatoms. The Morgan fingerprint density at radius 3 is 2.72 bits per heavy atom. The van der Waals surface area contributed by atoms with Crippen molar-refractivity contribution in [1.29, 1.82) is 0 Å². The number of nitrogens with one attached hydrogen (secondary N) is 1. The lowest BCUT2D eigenvalue weighted by molar-refractivity contribution is 0.0708. The third kappa shape index (κ3) is 5.21. The highest BCUT2D eigenvalue weighted by Crippen LogP contribution is 2.18. The molecule has 0 unspecified atom stereocenters. The van der Waals surface area contributed by atoms with Gasteiger partial charge in [0.25, 0.3) is 5.91 Å². The van der Waals surface area contributed by atoms with Gasteiger partial charge in [-0.25, -0.2) is 0 Å². The summed E-state index contributed by atoms with van der Waals surface area (Å²) in [6, 6.07) is 17.7. The zero-order chi connectivity index (χ0) is 16.8. The van der Waals surface area contributed by atoms with Crippen LogP contribution < -0.4 is 10.1 Å². The third-order valence-electron chi connectivity index (χ3n) is 4.47. The molecule has 1 fully saturated rings. The van der Waals surface area contributed by atoms with Crippen LogP contribution in [0.3, 0.4) is 0 Å².